The first-order valence-electron chi connectivity index (χ1n) is 6.29. The van der Waals surface area contributed by atoms with Crippen LogP contribution in [-0.4, -0.2) is 24.0 Å². The molecule has 1 aliphatic heterocycles. The molecule has 0 spiro atoms. The highest BCUT2D eigenvalue weighted by Gasteiger charge is 2.32. The maximum absolute atomic E-state index is 12.1. The maximum Gasteiger partial charge on any atom is 0.268 e. The molecule has 0 saturated carbocycles. The Morgan fingerprint density at radius 3 is 2.74 bits per heavy atom. The molecular weight excluding hydrogens is 308 g/mol. The molecule has 2 N–H and O–H groups in total. The summed E-state index contributed by atoms with van der Waals surface area (Å²) in [5.74, 6) is 0.704. The minimum absolute atomic E-state index is 0.0351. The summed E-state index contributed by atoms with van der Waals surface area (Å²) < 4.78 is 5.63. The van der Waals surface area contributed by atoms with Crippen LogP contribution < -0.4 is 15.4 Å². The Morgan fingerprint density at radius 1 is 1.47 bits per heavy atom. The van der Waals surface area contributed by atoms with Gasteiger partial charge in [0.2, 0.25) is 0 Å². The zero-order valence-corrected chi connectivity index (χ0v) is 13.0. The van der Waals surface area contributed by atoms with E-state index in [0.29, 0.717) is 12.0 Å². The van der Waals surface area contributed by atoms with Gasteiger partial charge in [-0.25, -0.2) is 0 Å². The molecule has 19 heavy (non-hydrogen) atoms. The van der Waals surface area contributed by atoms with Crippen molar-refractivity contribution in [2.45, 2.75) is 32.3 Å². The number of carbonyl (C=O) groups is 1. The quantitative estimate of drug-likeness (QED) is 0.685. The first-order chi connectivity index (χ1) is 8.90. The molecule has 1 aromatic rings. The largest absolute Gasteiger partial charge is 0.479 e. The van der Waals surface area contributed by atoms with E-state index in [4.69, 9.17) is 10.5 Å². The minimum Gasteiger partial charge on any atom is -0.479 e. The molecule has 0 fully saturated rings. The van der Waals surface area contributed by atoms with Gasteiger partial charge in [-0.15, -0.1) is 0 Å². The molecule has 1 heterocycles. The van der Waals surface area contributed by atoms with Crippen molar-refractivity contribution in [3.05, 3.63) is 23.8 Å². The van der Waals surface area contributed by atoms with E-state index in [1.807, 2.05) is 18.2 Å². The third-order valence-electron chi connectivity index (χ3n) is 3.58. The fourth-order valence-electron chi connectivity index (χ4n) is 2.07. The number of nitrogens with two attached hydrogens (primary N) is 1. The molecule has 104 valence electrons. The fraction of sp³-hybridized carbons (Fsp3) is 0.500. The van der Waals surface area contributed by atoms with Crippen molar-refractivity contribution >= 4 is 27.5 Å². The van der Waals surface area contributed by atoms with Gasteiger partial charge in [0.25, 0.3) is 5.91 Å². The van der Waals surface area contributed by atoms with Gasteiger partial charge in [0.1, 0.15) is 5.75 Å². The molecule has 1 amide bonds. The lowest BCUT2D eigenvalue weighted by Gasteiger charge is -2.33. The standard InChI is InChI=1S/C14H19BrN2O2/c1-9-13(18)17(8-15)11-6-10(14(2,3)7-16)4-5-12(11)19-9/h4-6,9H,7-8,16H2,1-3H3. The maximum atomic E-state index is 12.1. The SMILES string of the molecule is CC1Oc2ccc(C(C)(C)CN)cc2N(CBr)C1=O. The van der Waals surface area contributed by atoms with Crippen LogP contribution in [0, 0.1) is 0 Å². The fourth-order valence-corrected chi connectivity index (χ4v) is 2.59. The van der Waals surface area contributed by atoms with E-state index in [1.165, 1.54) is 0 Å². The van der Waals surface area contributed by atoms with Crippen LogP contribution in [0.15, 0.2) is 18.2 Å². The number of amides is 1. The lowest BCUT2D eigenvalue weighted by molar-refractivity contribution is -0.125. The molecule has 0 saturated heterocycles. The average Bonchev–Trinajstić information content (AvgIpc) is 2.40. The van der Waals surface area contributed by atoms with Crippen molar-refractivity contribution in [1.82, 2.24) is 0 Å². The number of anilines is 1. The topological polar surface area (TPSA) is 55.6 Å². The molecule has 1 unspecified atom stereocenters. The number of ether oxygens (including phenoxy) is 1. The number of benzene rings is 1. The predicted octanol–water partition coefficient (Wildman–Crippen LogP) is 2.39. The van der Waals surface area contributed by atoms with Crippen LogP contribution in [0.3, 0.4) is 0 Å². The Bertz CT molecular complexity index is 502. The second-order valence-electron chi connectivity index (χ2n) is 5.42. The van der Waals surface area contributed by atoms with E-state index < -0.39 is 6.10 Å². The van der Waals surface area contributed by atoms with E-state index in [2.05, 4.69) is 29.8 Å². The summed E-state index contributed by atoms with van der Waals surface area (Å²) >= 11 is 3.37. The first-order valence-corrected chi connectivity index (χ1v) is 7.41. The van der Waals surface area contributed by atoms with Gasteiger partial charge in [-0.05, 0) is 24.6 Å². The Labute approximate surface area is 122 Å². The summed E-state index contributed by atoms with van der Waals surface area (Å²) in [7, 11) is 0. The highest BCUT2D eigenvalue weighted by atomic mass is 79.9. The van der Waals surface area contributed by atoms with Crippen LogP contribution in [0.2, 0.25) is 0 Å². The van der Waals surface area contributed by atoms with E-state index in [9.17, 15) is 4.79 Å². The minimum atomic E-state index is -0.446. The first kappa shape index (κ1) is 14.3. The number of halogens is 1. The Hall–Kier alpha value is -1.07. The number of fused-ring (bicyclic) bond motifs is 1. The Morgan fingerprint density at radius 2 is 2.16 bits per heavy atom. The molecule has 5 heteroatoms. The number of hydrogen-bond acceptors (Lipinski definition) is 3. The number of carbonyl (C=O) groups excluding carboxylic acids is 1. The molecule has 2 rings (SSSR count). The lowest BCUT2D eigenvalue weighted by Crippen LogP contribution is -2.44. The molecule has 0 bridgehead atoms. The number of rotatable bonds is 3. The Kier molecular flexibility index (Phi) is 3.87. The number of alkyl halides is 1. The number of nitrogens with zero attached hydrogens (tertiary/aromatic N) is 1. The summed E-state index contributed by atoms with van der Waals surface area (Å²) in [4.78, 5) is 13.8. The second-order valence-corrected chi connectivity index (χ2v) is 5.92. The Balaban J connectivity index is 2.49. The van der Waals surface area contributed by atoms with Crippen LogP contribution in [0.5, 0.6) is 5.75 Å². The summed E-state index contributed by atoms with van der Waals surface area (Å²) in [6.45, 7) is 6.48. The summed E-state index contributed by atoms with van der Waals surface area (Å²) in [5, 5.41) is 0. The van der Waals surface area contributed by atoms with Crippen LogP contribution >= 0.6 is 15.9 Å². The predicted molar refractivity (Wildman–Crippen MR) is 79.9 cm³/mol. The highest BCUT2D eigenvalue weighted by molar-refractivity contribution is 9.09. The van der Waals surface area contributed by atoms with E-state index in [0.717, 1.165) is 17.0 Å². The van der Waals surface area contributed by atoms with Crippen molar-refractivity contribution in [2.24, 2.45) is 5.73 Å². The third kappa shape index (κ3) is 2.49. The van der Waals surface area contributed by atoms with Crippen LogP contribution in [-0.2, 0) is 10.2 Å². The van der Waals surface area contributed by atoms with Gasteiger partial charge in [0.15, 0.2) is 6.10 Å². The van der Waals surface area contributed by atoms with Crippen LogP contribution in [0.4, 0.5) is 5.69 Å². The summed E-state index contributed by atoms with van der Waals surface area (Å²) in [6, 6.07) is 5.93. The van der Waals surface area contributed by atoms with Gasteiger partial charge < -0.3 is 10.5 Å². The van der Waals surface area contributed by atoms with Gasteiger partial charge in [-0.3, -0.25) is 9.69 Å². The molecule has 0 aromatic heterocycles. The van der Waals surface area contributed by atoms with Gasteiger partial charge in [0, 0.05) is 12.0 Å². The van der Waals surface area contributed by atoms with E-state index in [1.54, 1.807) is 11.8 Å². The zero-order chi connectivity index (χ0) is 14.2. The summed E-state index contributed by atoms with van der Waals surface area (Å²) in [6.07, 6.45) is -0.446. The zero-order valence-electron chi connectivity index (χ0n) is 11.4. The second kappa shape index (κ2) is 5.13. The van der Waals surface area contributed by atoms with Crippen LogP contribution in [0.1, 0.15) is 26.3 Å². The van der Waals surface area contributed by atoms with E-state index >= 15 is 0 Å². The third-order valence-corrected chi connectivity index (χ3v) is 4.08. The van der Waals surface area contributed by atoms with Crippen LogP contribution in [0.25, 0.3) is 0 Å². The van der Waals surface area contributed by atoms with Crippen molar-refractivity contribution in [1.29, 1.82) is 0 Å². The average molecular weight is 327 g/mol. The van der Waals surface area contributed by atoms with Gasteiger partial charge in [0.05, 0.1) is 11.1 Å². The van der Waals surface area contributed by atoms with Crippen molar-refractivity contribution in [2.75, 3.05) is 16.9 Å². The molecule has 0 radical (unpaired) electrons. The number of hydrogen-bond donors (Lipinski definition) is 1. The van der Waals surface area contributed by atoms with E-state index in [-0.39, 0.29) is 11.3 Å². The smallest absolute Gasteiger partial charge is 0.268 e. The lowest BCUT2D eigenvalue weighted by atomic mass is 9.84. The monoisotopic (exact) mass is 326 g/mol. The van der Waals surface area contributed by atoms with Crippen molar-refractivity contribution < 1.29 is 9.53 Å². The highest BCUT2D eigenvalue weighted by Crippen LogP contribution is 2.37. The summed E-state index contributed by atoms with van der Waals surface area (Å²) in [5.41, 5.74) is 8.05. The molecule has 1 aliphatic rings. The molecular formula is C14H19BrN2O2. The molecule has 4 nitrogen and oxygen atoms in total. The molecule has 1 atom stereocenters. The van der Waals surface area contributed by atoms with Gasteiger partial charge in [-0.2, -0.15) is 0 Å². The van der Waals surface area contributed by atoms with Crippen molar-refractivity contribution in [3.8, 4) is 5.75 Å². The van der Waals surface area contributed by atoms with Gasteiger partial charge >= 0.3 is 0 Å². The molecule has 1 aromatic carbocycles. The van der Waals surface area contributed by atoms with Gasteiger partial charge in [-0.1, -0.05) is 35.8 Å². The van der Waals surface area contributed by atoms with Crippen molar-refractivity contribution in [3.63, 3.8) is 0 Å². The molecule has 0 aliphatic carbocycles. The normalized spacial score (nSPS) is 19.1.